The highest BCUT2D eigenvalue weighted by atomic mass is 16.6. The van der Waals surface area contributed by atoms with Gasteiger partial charge in [0.1, 0.15) is 0 Å². The first-order chi connectivity index (χ1) is 9.22. The number of benzene rings is 1. The first-order valence-electron chi connectivity index (χ1n) is 6.97. The molecule has 0 spiro atoms. The molecule has 2 unspecified atom stereocenters. The number of nitrogens with one attached hydrogen (secondary N) is 1. The van der Waals surface area contributed by atoms with Crippen LogP contribution in [-0.4, -0.2) is 35.0 Å². The summed E-state index contributed by atoms with van der Waals surface area (Å²) < 4.78 is 0. The Morgan fingerprint density at radius 1 is 1.21 bits per heavy atom. The van der Waals surface area contributed by atoms with E-state index in [4.69, 9.17) is 0 Å². The van der Waals surface area contributed by atoms with Crippen LogP contribution in [0.25, 0.3) is 0 Å². The molecule has 1 aromatic carbocycles. The maximum atomic E-state index is 10.6. The summed E-state index contributed by atoms with van der Waals surface area (Å²) >= 11 is 0. The van der Waals surface area contributed by atoms with Crippen molar-refractivity contribution in [2.75, 3.05) is 18.4 Å². The summed E-state index contributed by atoms with van der Waals surface area (Å²) in [5.41, 5.74) is 1.14. The number of non-ortho nitro benzene ring substituents is 1. The lowest BCUT2D eigenvalue weighted by atomic mass is 9.97. The lowest BCUT2D eigenvalue weighted by Crippen LogP contribution is -2.42. The largest absolute Gasteiger partial charge is 0.382 e. The number of piperidine rings is 1. The predicted molar refractivity (Wildman–Crippen MR) is 74.3 cm³/mol. The van der Waals surface area contributed by atoms with Crippen molar-refractivity contribution in [1.82, 2.24) is 4.90 Å². The number of rotatable bonds is 3. The number of fused-ring (bicyclic) bond motifs is 1. The lowest BCUT2D eigenvalue weighted by Gasteiger charge is -2.35. The third-order valence-corrected chi connectivity index (χ3v) is 4.27. The van der Waals surface area contributed by atoms with E-state index in [0.717, 1.165) is 18.2 Å². The molecular weight excluding hydrogens is 242 g/mol. The molecule has 5 heteroatoms. The number of hydrogen-bond acceptors (Lipinski definition) is 4. The first kappa shape index (κ1) is 12.4. The molecule has 2 aliphatic heterocycles. The molecule has 2 aliphatic rings. The minimum atomic E-state index is -0.360. The van der Waals surface area contributed by atoms with Crippen LogP contribution in [0, 0.1) is 10.1 Å². The van der Waals surface area contributed by atoms with Crippen molar-refractivity contribution >= 4 is 11.4 Å². The van der Waals surface area contributed by atoms with Crippen LogP contribution in [-0.2, 0) is 0 Å². The van der Waals surface area contributed by atoms with Gasteiger partial charge in [0.2, 0.25) is 0 Å². The topological polar surface area (TPSA) is 58.4 Å². The monoisotopic (exact) mass is 261 g/mol. The van der Waals surface area contributed by atoms with Gasteiger partial charge in [-0.3, -0.25) is 10.1 Å². The van der Waals surface area contributed by atoms with Gasteiger partial charge in [-0.2, -0.15) is 0 Å². The van der Waals surface area contributed by atoms with E-state index in [1.54, 1.807) is 24.3 Å². The summed E-state index contributed by atoms with van der Waals surface area (Å²) in [6.07, 6.45) is 5.00. The second-order valence-corrected chi connectivity index (χ2v) is 5.50. The van der Waals surface area contributed by atoms with Gasteiger partial charge >= 0.3 is 0 Å². The van der Waals surface area contributed by atoms with Crippen LogP contribution in [0.3, 0.4) is 0 Å². The Morgan fingerprint density at radius 3 is 2.74 bits per heavy atom. The molecule has 102 valence electrons. The van der Waals surface area contributed by atoms with Crippen molar-refractivity contribution < 1.29 is 4.92 Å². The number of nitrogens with zero attached hydrogens (tertiary/aromatic N) is 2. The molecule has 19 heavy (non-hydrogen) atoms. The maximum Gasteiger partial charge on any atom is 0.269 e. The van der Waals surface area contributed by atoms with E-state index in [-0.39, 0.29) is 10.6 Å². The summed E-state index contributed by atoms with van der Waals surface area (Å²) in [6, 6.07) is 7.98. The third kappa shape index (κ3) is 2.71. The first-order valence-corrected chi connectivity index (χ1v) is 6.97. The van der Waals surface area contributed by atoms with E-state index >= 15 is 0 Å². The van der Waals surface area contributed by atoms with E-state index in [2.05, 4.69) is 10.2 Å². The minimum absolute atomic E-state index is 0.149. The van der Waals surface area contributed by atoms with Crippen LogP contribution in [0.2, 0.25) is 0 Å². The molecule has 2 heterocycles. The highest BCUT2D eigenvalue weighted by Gasteiger charge is 2.31. The third-order valence-electron chi connectivity index (χ3n) is 4.27. The Labute approximate surface area is 112 Å². The molecule has 1 aromatic rings. The van der Waals surface area contributed by atoms with E-state index in [1.165, 1.54) is 32.4 Å². The number of hydrogen-bond donors (Lipinski definition) is 1. The summed E-state index contributed by atoms with van der Waals surface area (Å²) in [7, 11) is 0. The van der Waals surface area contributed by atoms with Gasteiger partial charge in [-0.05, 0) is 44.4 Å². The number of nitro groups is 1. The fourth-order valence-corrected chi connectivity index (χ4v) is 3.27. The zero-order valence-electron chi connectivity index (χ0n) is 10.9. The van der Waals surface area contributed by atoms with Gasteiger partial charge in [0.15, 0.2) is 0 Å². The maximum absolute atomic E-state index is 10.6. The summed E-state index contributed by atoms with van der Waals surface area (Å²) in [5.74, 6) is 0. The van der Waals surface area contributed by atoms with Gasteiger partial charge in [-0.1, -0.05) is 0 Å². The molecule has 5 nitrogen and oxygen atoms in total. The fraction of sp³-hybridized carbons (Fsp3) is 0.571. The Morgan fingerprint density at radius 2 is 2.00 bits per heavy atom. The Kier molecular flexibility index (Phi) is 3.38. The molecule has 2 atom stereocenters. The van der Waals surface area contributed by atoms with Crippen molar-refractivity contribution in [3.05, 3.63) is 34.4 Å². The number of nitro benzene ring substituents is 1. The fourth-order valence-electron chi connectivity index (χ4n) is 3.27. The normalized spacial score (nSPS) is 26.9. The second-order valence-electron chi connectivity index (χ2n) is 5.50. The molecule has 0 aliphatic carbocycles. The standard InChI is InChI=1S/C14H19N3O2/c18-17(19)13-5-3-11(4-6-13)15-12-7-9-16-8-1-2-14(16)10-12/h3-6,12,14-15H,1-2,7-10H2. The van der Waals surface area contributed by atoms with Crippen molar-refractivity contribution in [1.29, 1.82) is 0 Å². The molecule has 1 N–H and O–H groups in total. The Balaban J connectivity index is 1.60. The molecule has 0 aromatic heterocycles. The van der Waals surface area contributed by atoms with Crippen molar-refractivity contribution in [3.63, 3.8) is 0 Å². The summed E-state index contributed by atoms with van der Waals surface area (Å²) in [4.78, 5) is 12.8. The summed E-state index contributed by atoms with van der Waals surface area (Å²) in [5, 5.41) is 14.1. The van der Waals surface area contributed by atoms with Crippen molar-refractivity contribution in [3.8, 4) is 0 Å². The molecular formula is C14H19N3O2. The van der Waals surface area contributed by atoms with E-state index < -0.39 is 0 Å². The molecule has 0 bridgehead atoms. The summed E-state index contributed by atoms with van der Waals surface area (Å²) in [6.45, 7) is 2.43. The van der Waals surface area contributed by atoms with Gasteiger partial charge in [-0.25, -0.2) is 0 Å². The van der Waals surface area contributed by atoms with Crippen LogP contribution in [0.15, 0.2) is 24.3 Å². The average Bonchev–Trinajstić information content (AvgIpc) is 2.87. The SMILES string of the molecule is O=[N+]([O-])c1ccc(NC2CCN3CCCC3C2)cc1. The van der Waals surface area contributed by atoms with E-state index in [0.29, 0.717) is 6.04 Å². The zero-order chi connectivity index (χ0) is 13.2. The molecule has 0 amide bonds. The van der Waals surface area contributed by atoms with Crippen LogP contribution >= 0.6 is 0 Å². The van der Waals surface area contributed by atoms with Gasteiger partial charge in [0.05, 0.1) is 4.92 Å². The molecule has 2 saturated heterocycles. The van der Waals surface area contributed by atoms with E-state index in [9.17, 15) is 10.1 Å². The zero-order valence-corrected chi connectivity index (χ0v) is 10.9. The molecule has 0 saturated carbocycles. The molecule has 0 radical (unpaired) electrons. The van der Waals surface area contributed by atoms with Crippen LogP contribution in [0.4, 0.5) is 11.4 Å². The van der Waals surface area contributed by atoms with Crippen LogP contribution in [0.5, 0.6) is 0 Å². The second kappa shape index (κ2) is 5.17. The predicted octanol–water partition coefficient (Wildman–Crippen LogP) is 2.63. The van der Waals surface area contributed by atoms with Crippen molar-refractivity contribution in [2.45, 2.75) is 37.8 Å². The minimum Gasteiger partial charge on any atom is -0.382 e. The van der Waals surface area contributed by atoms with Crippen LogP contribution < -0.4 is 5.32 Å². The van der Waals surface area contributed by atoms with E-state index in [1.807, 2.05) is 0 Å². The number of anilines is 1. The Hall–Kier alpha value is -1.62. The van der Waals surface area contributed by atoms with Crippen molar-refractivity contribution in [2.24, 2.45) is 0 Å². The highest BCUT2D eigenvalue weighted by molar-refractivity contribution is 5.49. The molecule has 2 fully saturated rings. The quantitative estimate of drug-likeness (QED) is 0.671. The van der Waals surface area contributed by atoms with Gasteiger partial charge < -0.3 is 10.2 Å². The van der Waals surface area contributed by atoms with Crippen LogP contribution in [0.1, 0.15) is 25.7 Å². The highest BCUT2D eigenvalue weighted by Crippen LogP contribution is 2.28. The average molecular weight is 261 g/mol. The smallest absolute Gasteiger partial charge is 0.269 e. The molecule has 3 rings (SSSR count). The van der Waals surface area contributed by atoms with Gasteiger partial charge in [0, 0.05) is 36.4 Å². The Bertz CT molecular complexity index is 460. The van der Waals surface area contributed by atoms with Gasteiger partial charge in [0.25, 0.3) is 5.69 Å². The lowest BCUT2D eigenvalue weighted by molar-refractivity contribution is -0.384. The van der Waals surface area contributed by atoms with Gasteiger partial charge in [-0.15, -0.1) is 0 Å².